The van der Waals surface area contributed by atoms with Gasteiger partial charge in [0.05, 0.1) is 11.9 Å². The largest absolute Gasteiger partial charge is 0.332 e. The van der Waals surface area contributed by atoms with Crippen LogP contribution in [-0.2, 0) is 16.4 Å². The number of aryl methyl sites for hydroxylation is 2. The maximum atomic E-state index is 13.5. The van der Waals surface area contributed by atoms with Crippen molar-refractivity contribution in [3.63, 3.8) is 0 Å². The summed E-state index contributed by atoms with van der Waals surface area (Å²) in [7, 11) is -3.85. The monoisotopic (exact) mass is 283 g/mol. The highest BCUT2D eigenvalue weighted by molar-refractivity contribution is 7.92. The second-order valence-corrected chi connectivity index (χ2v) is 5.79. The number of rotatable bonds is 4. The number of halogens is 1. The fourth-order valence-electron chi connectivity index (χ4n) is 1.58. The lowest BCUT2D eigenvalue weighted by molar-refractivity contribution is 0.595. The lowest BCUT2D eigenvalue weighted by Gasteiger charge is -2.08. The van der Waals surface area contributed by atoms with E-state index in [0.717, 1.165) is 5.56 Å². The summed E-state index contributed by atoms with van der Waals surface area (Å²) in [6.45, 7) is 3.60. The quantitative estimate of drug-likeness (QED) is 0.903. The summed E-state index contributed by atoms with van der Waals surface area (Å²) in [4.78, 5) is 6.59. The fraction of sp³-hybridized carbons (Fsp3) is 0.250. The van der Waals surface area contributed by atoms with Gasteiger partial charge in [-0.25, -0.2) is 9.37 Å². The van der Waals surface area contributed by atoms with E-state index in [-0.39, 0.29) is 10.7 Å². The van der Waals surface area contributed by atoms with Crippen LogP contribution in [0.3, 0.4) is 0 Å². The summed E-state index contributed by atoms with van der Waals surface area (Å²) in [6.07, 6.45) is 1.81. The molecule has 0 radical (unpaired) electrons. The van der Waals surface area contributed by atoms with Crippen molar-refractivity contribution >= 4 is 15.7 Å². The Morgan fingerprint density at radius 2 is 2.16 bits per heavy atom. The molecule has 1 aromatic heterocycles. The second kappa shape index (κ2) is 5.00. The average Bonchev–Trinajstić information content (AvgIpc) is 2.83. The molecule has 2 aromatic rings. The zero-order chi connectivity index (χ0) is 14.0. The van der Waals surface area contributed by atoms with Gasteiger partial charge in [-0.1, -0.05) is 13.0 Å². The van der Waals surface area contributed by atoms with Crippen LogP contribution in [0.4, 0.5) is 10.1 Å². The number of imidazole rings is 1. The van der Waals surface area contributed by atoms with Crippen molar-refractivity contribution in [2.24, 2.45) is 0 Å². The molecule has 102 valence electrons. The zero-order valence-corrected chi connectivity index (χ0v) is 11.4. The molecule has 0 amide bonds. The number of nitrogens with zero attached hydrogens (tertiary/aromatic N) is 1. The third-order valence-corrected chi connectivity index (χ3v) is 3.87. The molecule has 2 N–H and O–H groups in total. The lowest BCUT2D eigenvalue weighted by Crippen LogP contribution is -2.14. The molecule has 2 rings (SSSR count). The van der Waals surface area contributed by atoms with Crippen molar-refractivity contribution in [1.29, 1.82) is 0 Å². The van der Waals surface area contributed by atoms with Crippen LogP contribution in [-0.4, -0.2) is 18.4 Å². The number of aromatic nitrogens is 2. The SMILES string of the molecule is CCc1ncc(S(=O)(=O)Nc2cc(C)ccc2F)[nH]1. The predicted molar refractivity (Wildman–Crippen MR) is 69.9 cm³/mol. The number of hydrogen-bond donors (Lipinski definition) is 2. The number of H-pyrrole nitrogens is 1. The molecule has 1 aromatic carbocycles. The van der Waals surface area contributed by atoms with E-state index in [9.17, 15) is 12.8 Å². The first-order valence-electron chi connectivity index (χ1n) is 5.75. The van der Waals surface area contributed by atoms with Crippen LogP contribution in [0, 0.1) is 12.7 Å². The van der Waals surface area contributed by atoms with Gasteiger partial charge < -0.3 is 4.98 Å². The first-order chi connectivity index (χ1) is 8.92. The van der Waals surface area contributed by atoms with Crippen molar-refractivity contribution in [3.8, 4) is 0 Å². The number of nitrogens with one attached hydrogen (secondary N) is 2. The van der Waals surface area contributed by atoms with Crippen LogP contribution in [0.15, 0.2) is 29.4 Å². The van der Waals surface area contributed by atoms with Crippen molar-refractivity contribution < 1.29 is 12.8 Å². The van der Waals surface area contributed by atoms with Crippen LogP contribution in [0.1, 0.15) is 18.3 Å². The summed E-state index contributed by atoms with van der Waals surface area (Å²) >= 11 is 0. The van der Waals surface area contributed by atoms with Gasteiger partial charge in [-0.2, -0.15) is 8.42 Å². The molecule has 0 aliphatic heterocycles. The zero-order valence-electron chi connectivity index (χ0n) is 10.6. The summed E-state index contributed by atoms with van der Waals surface area (Å²) in [5.41, 5.74) is 0.686. The molecule has 0 atom stereocenters. The van der Waals surface area contributed by atoms with Crippen molar-refractivity contribution in [1.82, 2.24) is 9.97 Å². The Labute approximate surface area is 110 Å². The van der Waals surface area contributed by atoms with E-state index in [1.54, 1.807) is 13.0 Å². The first-order valence-corrected chi connectivity index (χ1v) is 7.23. The van der Waals surface area contributed by atoms with E-state index in [2.05, 4.69) is 14.7 Å². The highest BCUT2D eigenvalue weighted by atomic mass is 32.2. The minimum atomic E-state index is -3.85. The van der Waals surface area contributed by atoms with Crippen molar-refractivity contribution in [2.45, 2.75) is 25.3 Å². The van der Waals surface area contributed by atoms with Crippen LogP contribution >= 0.6 is 0 Å². The molecule has 0 aliphatic carbocycles. The number of hydrogen-bond acceptors (Lipinski definition) is 3. The van der Waals surface area contributed by atoms with Crippen molar-refractivity contribution in [3.05, 3.63) is 41.6 Å². The van der Waals surface area contributed by atoms with E-state index in [1.807, 2.05) is 6.92 Å². The second-order valence-electron chi connectivity index (χ2n) is 4.14. The van der Waals surface area contributed by atoms with Crippen LogP contribution in [0.2, 0.25) is 0 Å². The minimum absolute atomic E-state index is 0.0763. The van der Waals surface area contributed by atoms with Gasteiger partial charge in [0.25, 0.3) is 10.0 Å². The molecule has 0 unspecified atom stereocenters. The van der Waals surface area contributed by atoms with Gasteiger partial charge in [-0.15, -0.1) is 0 Å². The predicted octanol–water partition coefficient (Wildman–Crippen LogP) is 2.22. The van der Waals surface area contributed by atoms with Gasteiger partial charge >= 0.3 is 0 Å². The summed E-state index contributed by atoms with van der Waals surface area (Å²) < 4.78 is 39.8. The molecular formula is C12H14FN3O2S. The van der Waals surface area contributed by atoms with Crippen molar-refractivity contribution in [2.75, 3.05) is 4.72 Å². The van der Waals surface area contributed by atoms with Crippen LogP contribution in [0.25, 0.3) is 0 Å². The highest BCUT2D eigenvalue weighted by Gasteiger charge is 2.18. The van der Waals surface area contributed by atoms with Crippen LogP contribution < -0.4 is 4.72 Å². The molecule has 19 heavy (non-hydrogen) atoms. The number of benzene rings is 1. The third kappa shape index (κ3) is 2.93. The molecule has 0 fully saturated rings. The Bertz CT molecular complexity index is 695. The number of anilines is 1. The van der Waals surface area contributed by atoms with Gasteiger partial charge in [0.1, 0.15) is 11.6 Å². The maximum absolute atomic E-state index is 13.5. The maximum Gasteiger partial charge on any atom is 0.279 e. The first kappa shape index (κ1) is 13.5. The summed E-state index contributed by atoms with van der Waals surface area (Å²) in [6, 6.07) is 4.22. The summed E-state index contributed by atoms with van der Waals surface area (Å²) in [5.74, 6) is -0.0607. The van der Waals surface area contributed by atoms with E-state index < -0.39 is 15.8 Å². The molecule has 1 heterocycles. The van der Waals surface area contributed by atoms with Gasteiger partial charge in [-0.05, 0) is 24.6 Å². The molecule has 0 bridgehead atoms. The molecule has 7 heteroatoms. The van der Waals surface area contributed by atoms with Gasteiger partial charge in [-0.3, -0.25) is 4.72 Å². The van der Waals surface area contributed by atoms with Crippen LogP contribution in [0.5, 0.6) is 0 Å². The minimum Gasteiger partial charge on any atom is -0.332 e. The smallest absolute Gasteiger partial charge is 0.279 e. The molecular weight excluding hydrogens is 269 g/mol. The Kier molecular flexibility index (Phi) is 3.57. The van der Waals surface area contributed by atoms with E-state index in [0.29, 0.717) is 12.2 Å². The molecule has 0 saturated heterocycles. The molecule has 0 aliphatic rings. The molecule has 0 saturated carbocycles. The van der Waals surface area contributed by atoms with E-state index in [4.69, 9.17) is 0 Å². The van der Waals surface area contributed by atoms with Gasteiger partial charge in [0.15, 0.2) is 5.03 Å². The van der Waals surface area contributed by atoms with Gasteiger partial charge in [0.2, 0.25) is 0 Å². The number of aromatic amines is 1. The Balaban J connectivity index is 2.33. The topological polar surface area (TPSA) is 74.8 Å². The summed E-state index contributed by atoms with van der Waals surface area (Å²) in [5, 5.41) is -0.0785. The average molecular weight is 283 g/mol. The Hall–Kier alpha value is -1.89. The lowest BCUT2D eigenvalue weighted by atomic mass is 10.2. The standard InChI is InChI=1S/C12H14FN3O2S/c1-3-11-14-7-12(15-11)19(17,18)16-10-6-8(2)4-5-9(10)13/h4-7,16H,3H2,1-2H3,(H,14,15). The highest BCUT2D eigenvalue weighted by Crippen LogP contribution is 2.19. The molecule has 5 nitrogen and oxygen atoms in total. The van der Waals surface area contributed by atoms with E-state index >= 15 is 0 Å². The molecule has 0 spiro atoms. The Morgan fingerprint density at radius 1 is 1.42 bits per heavy atom. The normalized spacial score (nSPS) is 11.5. The number of sulfonamides is 1. The third-order valence-electron chi connectivity index (χ3n) is 2.60. The fourth-order valence-corrected chi connectivity index (χ4v) is 2.58. The van der Waals surface area contributed by atoms with E-state index in [1.165, 1.54) is 18.3 Å². The van der Waals surface area contributed by atoms with Gasteiger partial charge in [0, 0.05) is 6.42 Å². The Morgan fingerprint density at radius 3 is 2.79 bits per heavy atom.